The van der Waals surface area contributed by atoms with Crippen LogP contribution >= 0.6 is 0 Å². The summed E-state index contributed by atoms with van der Waals surface area (Å²) in [6, 6.07) is 0. The van der Waals surface area contributed by atoms with Gasteiger partial charge in [0.1, 0.15) is 6.10 Å². The molecule has 186 valence electrons. The van der Waals surface area contributed by atoms with E-state index in [1.54, 1.807) is 0 Å². The summed E-state index contributed by atoms with van der Waals surface area (Å²) in [5, 5.41) is 9.47. The molecule has 0 aliphatic carbocycles. The Balaban J connectivity index is 3.57. The molecule has 1 N–H and O–H groups in total. The molecule has 0 aliphatic heterocycles. The van der Waals surface area contributed by atoms with E-state index in [2.05, 4.69) is 20.8 Å². The highest BCUT2D eigenvalue weighted by molar-refractivity contribution is 5.69. The van der Waals surface area contributed by atoms with E-state index in [4.69, 9.17) is 9.47 Å². The van der Waals surface area contributed by atoms with Crippen LogP contribution in [0.2, 0.25) is 0 Å². The van der Waals surface area contributed by atoms with Crippen LogP contribution in [0.4, 0.5) is 0 Å². The molecule has 4 nitrogen and oxygen atoms in total. The van der Waals surface area contributed by atoms with Crippen molar-refractivity contribution in [3.8, 4) is 0 Å². The Morgan fingerprint density at radius 3 is 1.71 bits per heavy atom. The van der Waals surface area contributed by atoms with E-state index < -0.39 is 6.10 Å². The van der Waals surface area contributed by atoms with Crippen LogP contribution < -0.4 is 0 Å². The second-order valence-electron chi connectivity index (χ2n) is 9.24. The molecule has 0 aromatic heterocycles. The van der Waals surface area contributed by atoms with Gasteiger partial charge in [-0.15, -0.1) is 0 Å². The highest BCUT2D eigenvalue weighted by Gasteiger charge is 2.15. The SMILES string of the molecule is CCCCCCCCCCCCCCCC(=O)OC(CO)COCC(CC)CCCC. The molecule has 2 atom stereocenters. The minimum Gasteiger partial charge on any atom is -0.457 e. The Morgan fingerprint density at radius 2 is 1.23 bits per heavy atom. The predicted molar refractivity (Wildman–Crippen MR) is 131 cm³/mol. The lowest BCUT2D eigenvalue weighted by Crippen LogP contribution is -2.28. The molecular formula is C27H54O4. The van der Waals surface area contributed by atoms with Crippen molar-refractivity contribution in [1.82, 2.24) is 0 Å². The highest BCUT2D eigenvalue weighted by Crippen LogP contribution is 2.14. The van der Waals surface area contributed by atoms with Crippen LogP contribution in [-0.2, 0) is 14.3 Å². The van der Waals surface area contributed by atoms with Crippen molar-refractivity contribution in [3.05, 3.63) is 0 Å². The summed E-state index contributed by atoms with van der Waals surface area (Å²) in [5.41, 5.74) is 0. The molecule has 4 heteroatoms. The van der Waals surface area contributed by atoms with Crippen molar-refractivity contribution in [1.29, 1.82) is 0 Å². The van der Waals surface area contributed by atoms with Gasteiger partial charge in [0.2, 0.25) is 0 Å². The van der Waals surface area contributed by atoms with Crippen LogP contribution in [0.5, 0.6) is 0 Å². The van der Waals surface area contributed by atoms with Gasteiger partial charge in [-0.25, -0.2) is 0 Å². The molecule has 0 spiro atoms. The third kappa shape index (κ3) is 21.0. The van der Waals surface area contributed by atoms with Gasteiger partial charge in [-0.1, -0.05) is 117 Å². The topological polar surface area (TPSA) is 55.8 Å². The molecule has 0 aliphatic rings. The Morgan fingerprint density at radius 1 is 0.710 bits per heavy atom. The number of aliphatic hydroxyl groups is 1. The number of unbranched alkanes of at least 4 members (excludes halogenated alkanes) is 13. The first-order chi connectivity index (χ1) is 15.2. The van der Waals surface area contributed by atoms with Crippen LogP contribution in [0.1, 0.15) is 136 Å². The molecule has 0 radical (unpaired) electrons. The summed E-state index contributed by atoms with van der Waals surface area (Å²) in [7, 11) is 0. The Hall–Kier alpha value is -0.610. The van der Waals surface area contributed by atoms with Crippen molar-refractivity contribution in [2.24, 2.45) is 5.92 Å². The second kappa shape index (κ2) is 24.0. The smallest absolute Gasteiger partial charge is 0.306 e. The van der Waals surface area contributed by atoms with Gasteiger partial charge >= 0.3 is 5.97 Å². The molecule has 0 aromatic carbocycles. The van der Waals surface area contributed by atoms with Gasteiger partial charge in [-0.3, -0.25) is 4.79 Å². The maximum atomic E-state index is 12.0. The quantitative estimate of drug-likeness (QED) is 0.123. The molecule has 2 unspecified atom stereocenters. The summed E-state index contributed by atoms with van der Waals surface area (Å²) in [5.74, 6) is 0.351. The summed E-state index contributed by atoms with van der Waals surface area (Å²) in [4.78, 5) is 12.0. The first-order valence-electron chi connectivity index (χ1n) is 13.6. The molecule has 0 saturated heterocycles. The molecule has 0 rings (SSSR count). The number of ether oxygens (including phenoxy) is 2. The highest BCUT2D eigenvalue weighted by atomic mass is 16.6. The Bertz CT molecular complexity index is 372. The zero-order chi connectivity index (χ0) is 23.0. The summed E-state index contributed by atoms with van der Waals surface area (Å²) < 4.78 is 11.1. The van der Waals surface area contributed by atoms with Crippen LogP contribution in [0.3, 0.4) is 0 Å². The third-order valence-electron chi connectivity index (χ3n) is 6.19. The maximum Gasteiger partial charge on any atom is 0.306 e. The lowest BCUT2D eigenvalue weighted by Gasteiger charge is -2.19. The van der Waals surface area contributed by atoms with E-state index in [9.17, 15) is 9.90 Å². The first kappa shape index (κ1) is 30.4. The van der Waals surface area contributed by atoms with Gasteiger partial charge in [0.05, 0.1) is 13.2 Å². The third-order valence-corrected chi connectivity index (χ3v) is 6.19. The number of hydrogen-bond donors (Lipinski definition) is 1. The molecule has 0 bridgehead atoms. The fraction of sp³-hybridized carbons (Fsp3) is 0.963. The van der Waals surface area contributed by atoms with E-state index in [1.807, 2.05) is 0 Å². The van der Waals surface area contributed by atoms with E-state index in [-0.39, 0.29) is 12.6 Å². The number of carbonyl (C=O) groups is 1. The zero-order valence-electron chi connectivity index (χ0n) is 21.2. The van der Waals surface area contributed by atoms with Crippen molar-refractivity contribution >= 4 is 5.97 Å². The number of carbonyl (C=O) groups excluding carboxylic acids is 1. The van der Waals surface area contributed by atoms with Crippen LogP contribution in [-0.4, -0.2) is 37.0 Å². The molecule has 0 saturated carbocycles. The summed E-state index contributed by atoms with van der Waals surface area (Å²) in [6.45, 7) is 7.46. The van der Waals surface area contributed by atoms with Gasteiger partial charge in [-0.2, -0.15) is 0 Å². The van der Waals surface area contributed by atoms with E-state index in [0.29, 0.717) is 25.6 Å². The van der Waals surface area contributed by atoms with E-state index >= 15 is 0 Å². The fourth-order valence-electron chi connectivity index (χ4n) is 3.92. The average Bonchev–Trinajstić information content (AvgIpc) is 2.78. The standard InChI is InChI=1S/C27H54O4/c1-4-7-9-10-11-12-13-14-15-16-17-18-19-21-27(29)31-26(22-28)24-30-23-25(6-3)20-8-5-2/h25-26,28H,4-24H2,1-3H3. The van der Waals surface area contributed by atoms with Crippen LogP contribution in [0.15, 0.2) is 0 Å². The number of hydrogen-bond acceptors (Lipinski definition) is 4. The van der Waals surface area contributed by atoms with E-state index in [1.165, 1.54) is 89.9 Å². The van der Waals surface area contributed by atoms with Crippen LogP contribution in [0, 0.1) is 5.92 Å². The zero-order valence-corrected chi connectivity index (χ0v) is 21.2. The molecule has 0 fully saturated rings. The van der Waals surface area contributed by atoms with Crippen molar-refractivity contribution in [2.45, 2.75) is 142 Å². The Kier molecular flexibility index (Phi) is 23.6. The second-order valence-corrected chi connectivity index (χ2v) is 9.24. The van der Waals surface area contributed by atoms with Gasteiger partial charge in [0, 0.05) is 13.0 Å². The van der Waals surface area contributed by atoms with Crippen LogP contribution in [0.25, 0.3) is 0 Å². The van der Waals surface area contributed by atoms with Gasteiger partial charge in [0.25, 0.3) is 0 Å². The monoisotopic (exact) mass is 442 g/mol. The summed E-state index contributed by atoms with van der Waals surface area (Å²) in [6.07, 6.45) is 21.4. The average molecular weight is 443 g/mol. The molecular weight excluding hydrogens is 388 g/mol. The molecule has 31 heavy (non-hydrogen) atoms. The number of esters is 1. The molecule has 0 heterocycles. The van der Waals surface area contributed by atoms with Crippen molar-refractivity contribution < 1.29 is 19.4 Å². The lowest BCUT2D eigenvalue weighted by atomic mass is 10.0. The first-order valence-corrected chi connectivity index (χ1v) is 13.6. The lowest BCUT2D eigenvalue weighted by molar-refractivity contribution is -0.155. The predicted octanol–water partition coefficient (Wildman–Crippen LogP) is 7.60. The molecule has 0 amide bonds. The minimum absolute atomic E-state index is 0.171. The van der Waals surface area contributed by atoms with Gasteiger partial charge in [-0.05, 0) is 18.8 Å². The molecule has 0 aromatic rings. The Labute approximate surface area is 193 Å². The van der Waals surface area contributed by atoms with Gasteiger partial charge < -0.3 is 14.6 Å². The fourth-order valence-corrected chi connectivity index (χ4v) is 3.92. The van der Waals surface area contributed by atoms with E-state index in [0.717, 1.165) is 19.3 Å². The van der Waals surface area contributed by atoms with Crippen molar-refractivity contribution in [2.75, 3.05) is 19.8 Å². The maximum absolute atomic E-state index is 12.0. The largest absolute Gasteiger partial charge is 0.457 e. The van der Waals surface area contributed by atoms with Gasteiger partial charge in [0.15, 0.2) is 0 Å². The number of rotatable bonds is 24. The normalized spacial score (nSPS) is 13.3. The minimum atomic E-state index is -0.529. The number of aliphatic hydroxyl groups excluding tert-OH is 1. The van der Waals surface area contributed by atoms with Crippen molar-refractivity contribution in [3.63, 3.8) is 0 Å². The summed E-state index contributed by atoms with van der Waals surface area (Å²) >= 11 is 0.